The molecule has 37 heavy (non-hydrogen) atoms. The summed E-state index contributed by atoms with van der Waals surface area (Å²) >= 11 is 0. The summed E-state index contributed by atoms with van der Waals surface area (Å²) in [6, 6.07) is 18.9. The van der Waals surface area contributed by atoms with Crippen molar-refractivity contribution in [3.8, 4) is 0 Å². The van der Waals surface area contributed by atoms with Crippen molar-refractivity contribution in [2.75, 3.05) is 0 Å². The highest BCUT2D eigenvalue weighted by Crippen LogP contribution is 2.17. The van der Waals surface area contributed by atoms with Gasteiger partial charge in [-0.05, 0) is 54.4 Å². The van der Waals surface area contributed by atoms with E-state index in [1.165, 1.54) is 164 Å². The standard InChI is InChI=1S/C37H60/c1-3-5-7-9-11-13-15-17-19-21-23-34-25-29-36(30-26-34)33-37-31-27-35(28-32-37)24-22-20-18-16-14-12-10-8-6-4-2/h25-32H,3-24,33H2,1-2H3. The van der Waals surface area contributed by atoms with Crippen LogP contribution in [0.4, 0.5) is 0 Å². The lowest BCUT2D eigenvalue weighted by Gasteiger charge is -2.07. The van der Waals surface area contributed by atoms with Gasteiger partial charge in [0.2, 0.25) is 0 Å². The van der Waals surface area contributed by atoms with Crippen molar-refractivity contribution in [2.45, 2.75) is 162 Å². The van der Waals surface area contributed by atoms with Gasteiger partial charge < -0.3 is 0 Å². The first kappa shape index (κ1) is 31.7. The zero-order valence-corrected chi connectivity index (χ0v) is 24.9. The Kier molecular flexibility index (Phi) is 19.2. The molecule has 2 aromatic rings. The normalized spacial score (nSPS) is 11.3. The molecular weight excluding hydrogens is 444 g/mol. The molecule has 0 nitrogen and oxygen atoms in total. The van der Waals surface area contributed by atoms with E-state index in [0.29, 0.717) is 0 Å². The Hall–Kier alpha value is -1.56. The maximum atomic E-state index is 2.36. The molecule has 0 saturated heterocycles. The third-order valence-electron chi connectivity index (χ3n) is 8.09. The maximum Gasteiger partial charge on any atom is -0.00258 e. The van der Waals surface area contributed by atoms with E-state index in [-0.39, 0.29) is 0 Å². The fourth-order valence-electron chi connectivity index (χ4n) is 5.52. The predicted molar refractivity (Wildman–Crippen MR) is 167 cm³/mol. The van der Waals surface area contributed by atoms with Crippen molar-refractivity contribution in [3.05, 3.63) is 70.8 Å². The maximum absolute atomic E-state index is 2.36. The topological polar surface area (TPSA) is 0 Å². The zero-order valence-electron chi connectivity index (χ0n) is 24.9. The number of benzene rings is 2. The van der Waals surface area contributed by atoms with Gasteiger partial charge in [-0.25, -0.2) is 0 Å². The highest BCUT2D eigenvalue weighted by atomic mass is 14.1. The molecule has 0 amide bonds. The number of rotatable bonds is 24. The van der Waals surface area contributed by atoms with Crippen LogP contribution < -0.4 is 0 Å². The molecule has 0 N–H and O–H groups in total. The third kappa shape index (κ3) is 16.8. The van der Waals surface area contributed by atoms with Gasteiger partial charge in [-0.1, -0.05) is 178 Å². The second-order valence-corrected chi connectivity index (χ2v) is 11.7. The minimum Gasteiger partial charge on any atom is -0.0654 e. The van der Waals surface area contributed by atoms with Crippen LogP contribution >= 0.6 is 0 Å². The lowest BCUT2D eigenvalue weighted by molar-refractivity contribution is 0.556. The van der Waals surface area contributed by atoms with Gasteiger partial charge in [-0.15, -0.1) is 0 Å². The van der Waals surface area contributed by atoms with E-state index in [2.05, 4.69) is 62.4 Å². The lowest BCUT2D eigenvalue weighted by atomic mass is 9.99. The van der Waals surface area contributed by atoms with Crippen molar-refractivity contribution in [3.63, 3.8) is 0 Å². The summed E-state index contributed by atoms with van der Waals surface area (Å²) in [5.41, 5.74) is 5.90. The molecule has 0 fully saturated rings. The molecule has 0 aliphatic rings. The average molecular weight is 505 g/mol. The van der Waals surface area contributed by atoms with E-state index in [9.17, 15) is 0 Å². The summed E-state index contributed by atoms with van der Waals surface area (Å²) in [6.07, 6.45) is 31.8. The third-order valence-corrected chi connectivity index (χ3v) is 8.09. The first-order valence-electron chi connectivity index (χ1n) is 16.5. The Morgan fingerprint density at radius 1 is 0.297 bits per heavy atom. The Labute approximate surface area is 232 Å². The first-order valence-corrected chi connectivity index (χ1v) is 16.5. The van der Waals surface area contributed by atoms with E-state index in [4.69, 9.17) is 0 Å². The molecule has 208 valence electrons. The fraction of sp³-hybridized carbons (Fsp3) is 0.676. The van der Waals surface area contributed by atoms with Crippen molar-refractivity contribution in [2.24, 2.45) is 0 Å². The minimum atomic E-state index is 1.05. The van der Waals surface area contributed by atoms with Crippen LogP contribution in [-0.4, -0.2) is 0 Å². The second kappa shape index (κ2) is 22.4. The molecule has 0 bridgehead atoms. The smallest absolute Gasteiger partial charge is 0.00258 e. The number of unbranched alkanes of at least 4 members (excludes halogenated alkanes) is 18. The van der Waals surface area contributed by atoms with Crippen LogP contribution in [0.1, 0.15) is 165 Å². The molecule has 2 rings (SSSR count). The summed E-state index contributed by atoms with van der Waals surface area (Å²) in [7, 11) is 0. The first-order chi connectivity index (χ1) is 18.3. The molecular formula is C37H60. The van der Waals surface area contributed by atoms with Crippen molar-refractivity contribution in [1.82, 2.24) is 0 Å². The van der Waals surface area contributed by atoms with E-state index in [1.54, 1.807) is 0 Å². The molecule has 0 aliphatic carbocycles. The molecule has 2 aromatic carbocycles. The highest BCUT2D eigenvalue weighted by Gasteiger charge is 2.01. The lowest BCUT2D eigenvalue weighted by Crippen LogP contribution is -1.92. The summed E-state index contributed by atoms with van der Waals surface area (Å²) in [4.78, 5) is 0. The Morgan fingerprint density at radius 2 is 0.541 bits per heavy atom. The predicted octanol–water partition coefficient (Wildman–Crippen LogP) is 12.2. The fourth-order valence-corrected chi connectivity index (χ4v) is 5.52. The molecule has 0 atom stereocenters. The number of aryl methyl sites for hydroxylation is 2. The van der Waals surface area contributed by atoms with Gasteiger partial charge in [0.15, 0.2) is 0 Å². The largest absolute Gasteiger partial charge is 0.0654 e. The molecule has 0 aliphatic heterocycles. The van der Waals surface area contributed by atoms with Crippen molar-refractivity contribution < 1.29 is 0 Å². The van der Waals surface area contributed by atoms with Crippen LogP contribution in [0.2, 0.25) is 0 Å². The van der Waals surface area contributed by atoms with Gasteiger partial charge in [0.05, 0.1) is 0 Å². The Balaban J connectivity index is 1.51. The van der Waals surface area contributed by atoms with Gasteiger partial charge in [0, 0.05) is 0 Å². The second-order valence-electron chi connectivity index (χ2n) is 11.7. The van der Waals surface area contributed by atoms with Gasteiger partial charge >= 0.3 is 0 Å². The minimum absolute atomic E-state index is 1.05. The molecule has 0 radical (unpaired) electrons. The van der Waals surface area contributed by atoms with Crippen LogP contribution in [0.15, 0.2) is 48.5 Å². The molecule has 0 unspecified atom stereocenters. The quantitative estimate of drug-likeness (QED) is 0.125. The zero-order chi connectivity index (χ0) is 26.2. The van der Waals surface area contributed by atoms with Crippen LogP contribution in [0.5, 0.6) is 0 Å². The van der Waals surface area contributed by atoms with Gasteiger partial charge in [-0.2, -0.15) is 0 Å². The highest BCUT2D eigenvalue weighted by molar-refractivity contribution is 5.30. The SMILES string of the molecule is CCCCCCCCCCCCc1ccc(Cc2ccc(CCCCCCCCCCCC)cc2)cc1. The molecule has 0 saturated carbocycles. The van der Waals surface area contributed by atoms with Gasteiger partial charge in [0.25, 0.3) is 0 Å². The Morgan fingerprint density at radius 3 is 0.838 bits per heavy atom. The molecule has 0 spiro atoms. The van der Waals surface area contributed by atoms with Crippen molar-refractivity contribution in [1.29, 1.82) is 0 Å². The van der Waals surface area contributed by atoms with E-state index >= 15 is 0 Å². The van der Waals surface area contributed by atoms with Crippen molar-refractivity contribution >= 4 is 0 Å². The summed E-state index contributed by atoms with van der Waals surface area (Å²) < 4.78 is 0. The number of hydrogen-bond acceptors (Lipinski definition) is 0. The summed E-state index contributed by atoms with van der Waals surface area (Å²) in [5, 5.41) is 0. The molecule has 0 heterocycles. The van der Waals surface area contributed by atoms with E-state index in [0.717, 1.165) is 6.42 Å². The van der Waals surface area contributed by atoms with Crippen LogP contribution in [-0.2, 0) is 19.3 Å². The van der Waals surface area contributed by atoms with Crippen LogP contribution in [0.25, 0.3) is 0 Å². The van der Waals surface area contributed by atoms with E-state index in [1.807, 2.05) is 0 Å². The molecule has 0 heteroatoms. The van der Waals surface area contributed by atoms with Gasteiger partial charge in [-0.3, -0.25) is 0 Å². The summed E-state index contributed by atoms with van der Waals surface area (Å²) in [6.45, 7) is 4.59. The molecule has 0 aromatic heterocycles. The van der Waals surface area contributed by atoms with E-state index < -0.39 is 0 Å². The van der Waals surface area contributed by atoms with Crippen LogP contribution in [0, 0.1) is 0 Å². The Bertz CT molecular complexity index is 673. The van der Waals surface area contributed by atoms with Crippen LogP contribution in [0.3, 0.4) is 0 Å². The average Bonchev–Trinajstić information content (AvgIpc) is 2.92. The monoisotopic (exact) mass is 504 g/mol. The summed E-state index contributed by atoms with van der Waals surface area (Å²) in [5.74, 6) is 0. The number of hydrogen-bond donors (Lipinski definition) is 0. The van der Waals surface area contributed by atoms with Gasteiger partial charge in [0.1, 0.15) is 0 Å².